The Morgan fingerprint density at radius 1 is 1.08 bits per heavy atom. The minimum Gasteiger partial charge on any atom is -0.444 e. The number of hydrogen-bond donors (Lipinski definition) is 2. The van der Waals surface area contributed by atoms with E-state index in [0.717, 1.165) is 35.3 Å². The molecule has 11 nitrogen and oxygen atoms in total. The van der Waals surface area contributed by atoms with Crippen molar-refractivity contribution in [3.05, 3.63) is 54.1 Å². The first-order valence-corrected chi connectivity index (χ1v) is 12.3. The van der Waals surface area contributed by atoms with Crippen LogP contribution >= 0.6 is 0 Å². The number of alkyl carbamates (subject to hydrolysis) is 1. The molecule has 4 aromatic rings. The number of aromatic nitrogens is 7. The fourth-order valence-corrected chi connectivity index (χ4v) is 4.60. The lowest BCUT2D eigenvalue weighted by Crippen LogP contribution is -2.56. The normalized spacial score (nSPS) is 18.1. The van der Waals surface area contributed by atoms with E-state index in [1.807, 2.05) is 40.7 Å². The van der Waals surface area contributed by atoms with Crippen molar-refractivity contribution in [3.8, 4) is 17.2 Å². The van der Waals surface area contributed by atoms with Gasteiger partial charge in [0.05, 0.1) is 52.4 Å². The number of fused-ring (bicyclic) bond motifs is 1. The van der Waals surface area contributed by atoms with E-state index in [1.54, 1.807) is 35.7 Å². The summed E-state index contributed by atoms with van der Waals surface area (Å²) in [5.41, 5.74) is 3.03. The van der Waals surface area contributed by atoms with E-state index in [-0.39, 0.29) is 0 Å². The molecule has 0 saturated carbocycles. The summed E-state index contributed by atoms with van der Waals surface area (Å²) in [5.74, 6) is 0.541. The van der Waals surface area contributed by atoms with Crippen molar-refractivity contribution in [1.29, 1.82) is 0 Å². The fraction of sp³-hybridized carbons (Fsp3) is 0.423. The molecule has 4 aromatic heterocycles. The van der Waals surface area contributed by atoms with Crippen molar-refractivity contribution < 1.29 is 9.53 Å². The van der Waals surface area contributed by atoms with Gasteiger partial charge in [0.2, 0.25) is 0 Å². The van der Waals surface area contributed by atoms with Gasteiger partial charge < -0.3 is 15.4 Å². The molecule has 0 bridgehead atoms. The number of nitrogens with zero attached hydrogens (tertiary/aromatic N) is 7. The molecule has 1 saturated heterocycles. The van der Waals surface area contributed by atoms with Crippen molar-refractivity contribution in [1.82, 2.24) is 45.3 Å². The molecule has 5 rings (SSSR count). The number of carbonyl (C=O) groups excluding carboxylic acids is 1. The number of ether oxygens (including phenoxy) is 1. The van der Waals surface area contributed by atoms with E-state index >= 15 is 0 Å². The van der Waals surface area contributed by atoms with Gasteiger partial charge in [0.1, 0.15) is 11.3 Å². The van der Waals surface area contributed by atoms with Crippen molar-refractivity contribution in [2.75, 3.05) is 13.1 Å². The minimum absolute atomic E-state index is 0.484. The van der Waals surface area contributed by atoms with Crippen LogP contribution in [0.15, 0.2) is 37.1 Å². The van der Waals surface area contributed by atoms with Crippen LogP contribution in [0.2, 0.25) is 0 Å². The highest BCUT2D eigenvalue weighted by Crippen LogP contribution is 2.31. The smallest absolute Gasteiger partial charge is 0.408 e. The molecule has 0 radical (unpaired) electrons. The quantitative estimate of drug-likeness (QED) is 0.432. The third kappa shape index (κ3) is 5.12. The molecule has 0 spiro atoms. The van der Waals surface area contributed by atoms with Crippen molar-refractivity contribution in [3.63, 3.8) is 0 Å². The molecule has 0 aromatic carbocycles. The molecule has 1 fully saturated rings. The van der Waals surface area contributed by atoms with E-state index in [0.29, 0.717) is 35.9 Å². The zero-order chi connectivity index (χ0) is 26.2. The lowest BCUT2D eigenvalue weighted by atomic mass is 9.85. The molecule has 0 aliphatic carbocycles. The van der Waals surface area contributed by atoms with Gasteiger partial charge in [-0.3, -0.25) is 15.0 Å². The van der Waals surface area contributed by atoms with Crippen LogP contribution in [-0.2, 0) is 10.3 Å². The first kappa shape index (κ1) is 24.7. The van der Waals surface area contributed by atoms with E-state index in [2.05, 4.69) is 35.7 Å². The molecule has 1 amide bonds. The molecule has 1 aliphatic rings. The van der Waals surface area contributed by atoms with Gasteiger partial charge in [0.15, 0.2) is 5.82 Å². The molecule has 1 aliphatic heterocycles. The van der Waals surface area contributed by atoms with E-state index in [1.165, 1.54) is 0 Å². The second-order valence-corrected chi connectivity index (χ2v) is 10.4. The zero-order valence-electron chi connectivity index (χ0n) is 21.7. The highest BCUT2D eigenvalue weighted by atomic mass is 16.6. The SMILES string of the molecule is Cc1cncc(-c2cc3c(cn2)cnn3-c2cnc(C)c([C@]3(NC(=O)OC(C)(C)C)CCCNC3)n2)n1. The van der Waals surface area contributed by atoms with Gasteiger partial charge in [0.25, 0.3) is 0 Å². The molecule has 2 N–H and O–H groups in total. The van der Waals surface area contributed by atoms with E-state index in [4.69, 9.17) is 9.72 Å². The summed E-state index contributed by atoms with van der Waals surface area (Å²) in [5, 5.41) is 11.9. The lowest BCUT2D eigenvalue weighted by Gasteiger charge is -2.39. The molecule has 0 unspecified atom stereocenters. The number of carbonyl (C=O) groups is 1. The Kier molecular flexibility index (Phi) is 6.32. The molecule has 192 valence electrons. The standard InChI is InChI=1S/C26H31N9O2/c1-16-10-28-13-20(32-16)19-9-21-18(11-30-19)12-31-35(21)22-14-29-17(2)23(33-22)26(7-6-8-27-15-26)34-24(36)37-25(3,4)5/h9-14,27H,6-8,15H2,1-5H3,(H,34,36)/t26-/m0/s1. The molecule has 1 atom stereocenters. The largest absolute Gasteiger partial charge is 0.444 e. The summed E-state index contributed by atoms with van der Waals surface area (Å²) in [4.78, 5) is 35.8. The first-order chi connectivity index (χ1) is 17.6. The van der Waals surface area contributed by atoms with Gasteiger partial charge in [-0.15, -0.1) is 0 Å². The maximum absolute atomic E-state index is 12.9. The number of aryl methyl sites for hydroxylation is 2. The second kappa shape index (κ2) is 9.47. The highest BCUT2D eigenvalue weighted by Gasteiger charge is 2.40. The van der Waals surface area contributed by atoms with Gasteiger partial charge in [0, 0.05) is 24.3 Å². The number of nitrogens with one attached hydrogen (secondary N) is 2. The fourth-order valence-electron chi connectivity index (χ4n) is 4.60. The number of rotatable bonds is 4. The number of pyridine rings is 1. The molecular formula is C26H31N9O2. The minimum atomic E-state index is -0.763. The van der Waals surface area contributed by atoms with Crippen LogP contribution < -0.4 is 10.6 Å². The van der Waals surface area contributed by atoms with Crippen LogP contribution in [0.4, 0.5) is 4.79 Å². The van der Waals surface area contributed by atoms with Gasteiger partial charge in [-0.1, -0.05) is 0 Å². The average molecular weight is 502 g/mol. The summed E-state index contributed by atoms with van der Waals surface area (Å²) < 4.78 is 7.32. The average Bonchev–Trinajstić information content (AvgIpc) is 3.27. The molecule has 11 heteroatoms. The van der Waals surface area contributed by atoms with Crippen molar-refractivity contribution in [2.45, 2.75) is 58.6 Å². The Balaban J connectivity index is 1.57. The summed E-state index contributed by atoms with van der Waals surface area (Å²) in [6.07, 6.45) is 9.68. The predicted octanol–water partition coefficient (Wildman–Crippen LogP) is 3.39. The van der Waals surface area contributed by atoms with Gasteiger partial charge in [-0.05, 0) is 60.1 Å². The summed E-state index contributed by atoms with van der Waals surface area (Å²) in [6.45, 7) is 10.7. The number of piperidine rings is 1. The number of hydrogen-bond acceptors (Lipinski definition) is 9. The predicted molar refractivity (Wildman–Crippen MR) is 138 cm³/mol. The van der Waals surface area contributed by atoms with Gasteiger partial charge in [-0.25, -0.2) is 19.4 Å². The third-order valence-electron chi connectivity index (χ3n) is 6.21. The van der Waals surface area contributed by atoms with Crippen LogP contribution in [0.1, 0.15) is 50.7 Å². The second-order valence-electron chi connectivity index (χ2n) is 10.4. The van der Waals surface area contributed by atoms with Crippen LogP contribution in [0.5, 0.6) is 0 Å². The highest BCUT2D eigenvalue weighted by molar-refractivity contribution is 5.82. The van der Waals surface area contributed by atoms with E-state index < -0.39 is 17.2 Å². The molecule has 37 heavy (non-hydrogen) atoms. The maximum Gasteiger partial charge on any atom is 0.408 e. The van der Waals surface area contributed by atoms with E-state index in [9.17, 15) is 4.79 Å². The lowest BCUT2D eigenvalue weighted by molar-refractivity contribution is 0.0426. The number of amides is 1. The van der Waals surface area contributed by atoms with Crippen LogP contribution in [0.25, 0.3) is 28.1 Å². The monoisotopic (exact) mass is 501 g/mol. The van der Waals surface area contributed by atoms with Crippen LogP contribution in [0, 0.1) is 13.8 Å². The molecule has 5 heterocycles. The van der Waals surface area contributed by atoms with Crippen molar-refractivity contribution in [2.24, 2.45) is 0 Å². The van der Waals surface area contributed by atoms with Gasteiger partial charge in [-0.2, -0.15) is 5.10 Å². The Morgan fingerprint density at radius 3 is 2.65 bits per heavy atom. The third-order valence-corrected chi connectivity index (χ3v) is 6.21. The molecular weight excluding hydrogens is 470 g/mol. The topological polar surface area (TPSA) is 133 Å². The van der Waals surface area contributed by atoms with Crippen LogP contribution in [-0.4, -0.2) is 59.5 Å². The van der Waals surface area contributed by atoms with Crippen LogP contribution in [0.3, 0.4) is 0 Å². The summed E-state index contributed by atoms with van der Waals surface area (Å²) in [7, 11) is 0. The first-order valence-electron chi connectivity index (χ1n) is 12.3. The van der Waals surface area contributed by atoms with Crippen molar-refractivity contribution >= 4 is 17.0 Å². The van der Waals surface area contributed by atoms with Gasteiger partial charge >= 0.3 is 6.09 Å². The zero-order valence-corrected chi connectivity index (χ0v) is 21.7. The Bertz CT molecular complexity index is 1450. The Labute approximate surface area is 215 Å². The Morgan fingerprint density at radius 2 is 1.92 bits per heavy atom. The summed E-state index contributed by atoms with van der Waals surface area (Å²) >= 11 is 0. The summed E-state index contributed by atoms with van der Waals surface area (Å²) in [6, 6.07) is 1.92. The maximum atomic E-state index is 12.9. The Hall–Kier alpha value is -3.99.